The number of esters is 1. The molecule has 1 unspecified atom stereocenters. The van der Waals surface area contributed by atoms with Gasteiger partial charge >= 0.3 is 5.97 Å². The number of benzene rings is 1. The van der Waals surface area contributed by atoms with Crippen molar-refractivity contribution in [2.24, 2.45) is 5.73 Å². The van der Waals surface area contributed by atoms with Crippen LogP contribution in [0.1, 0.15) is 32.8 Å². The number of rotatable bonds is 6. The first-order chi connectivity index (χ1) is 8.89. The Kier molecular flexibility index (Phi) is 5.36. The van der Waals surface area contributed by atoms with Crippen LogP contribution in [0.15, 0.2) is 24.3 Å². The van der Waals surface area contributed by atoms with Gasteiger partial charge in [0.2, 0.25) is 0 Å². The van der Waals surface area contributed by atoms with Gasteiger partial charge in [0.1, 0.15) is 17.4 Å². The van der Waals surface area contributed by atoms with E-state index in [1.54, 1.807) is 0 Å². The zero-order chi connectivity index (χ0) is 14.5. The summed E-state index contributed by atoms with van der Waals surface area (Å²) in [6.45, 7) is 5.92. The van der Waals surface area contributed by atoms with Crippen LogP contribution in [-0.2, 0) is 16.0 Å². The van der Waals surface area contributed by atoms with E-state index in [9.17, 15) is 4.79 Å². The molecule has 1 rings (SSSR count). The van der Waals surface area contributed by atoms with Gasteiger partial charge in [0, 0.05) is 6.42 Å². The molecule has 0 spiro atoms. The van der Waals surface area contributed by atoms with Gasteiger partial charge in [0.15, 0.2) is 0 Å². The summed E-state index contributed by atoms with van der Waals surface area (Å²) < 4.78 is 10.6. The van der Waals surface area contributed by atoms with Gasteiger partial charge in [-0.25, -0.2) is 0 Å². The second-order valence-electron chi connectivity index (χ2n) is 5.16. The molecule has 2 N–H and O–H groups in total. The highest BCUT2D eigenvalue weighted by molar-refractivity contribution is 5.75. The van der Waals surface area contributed by atoms with Crippen molar-refractivity contribution in [1.29, 1.82) is 0 Å². The van der Waals surface area contributed by atoms with Crippen LogP contribution in [0.4, 0.5) is 0 Å². The Hall–Kier alpha value is -1.55. The SMILES string of the molecule is CCc1ccccc1OC(C)(C)CC(N)C(=O)OC. The van der Waals surface area contributed by atoms with Crippen molar-refractivity contribution in [2.75, 3.05) is 7.11 Å². The van der Waals surface area contributed by atoms with Crippen LogP contribution in [0.2, 0.25) is 0 Å². The largest absolute Gasteiger partial charge is 0.488 e. The van der Waals surface area contributed by atoms with Gasteiger partial charge < -0.3 is 15.2 Å². The molecular weight excluding hydrogens is 242 g/mol. The summed E-state index contributed by atoms with van der Waals surface area (Å²) in [7, 11) is 1.34. The average Bonchev–Trinajstić information content (AvgIpc) is 2.37. The van der Waals surface area contributed by atoms with E-state index >= 15 is 0 Å². The highest BCUT2D eigenvalue weighted by Gasteiger charge is 2.28. The third-order valence-corrected chi connectivity index (χ3v) is 2.96. The molecule has 0 saturated heterocycles. The monoisotopic (exact) mass is 265 g/mol. The van der Waals surface area contributed by atoms with E-state index in [0.29, 0.717) is 6.42 Å². The summed E-state index contributed by atoms with van der Waals surface area (Å²) in [4.78, 5) is 11.4. The molecule has 106 valence electrons. The van der Waals surface area contributed by atoms with Crippen molar-refractivity contribution in [3.8, 4) is 5.75 Å². The van der Waals surface area contributed by atoms with Gasteiger partial charge in [0.25, 0.3) is 0 Å². The predicted octanol–water partition coefficient (Wildman–Crippen LogP) is 2.30. The van der Waals surface area contributed by atoms with E-state index in [2.05, 4.69) is 11.7 Å². The van der Waals surface area contributed by atoms with Crippen LogP contribution in [-0.4, -0.2) is 24.7 Å². The molecular formula is C15H23NO3. The minimum atomic E-state index is -0.672. The van der Waals surface area contributed by atoms with Crippen molar-refractivity contribution in [3.05, 3.63) is 29.8 Å². The molecule has 0 saturated carbocycles. The minimum Gasteiger partial charge on any atom is -0.488 e. The van der Waals surface area contributed by atoms with E-state index in [1.807, 2.05) is 38.1 Å². The van der Waals surface area contributed by atoms with E-state index < -0.39 is 17.6 Å². The number of ether oxygens (including phenoxy) is 2. The fourth-order valence-electron chi connectivity index (χ4n) is 2.00. The molecule has 0 fully saturated rings. The standard InChI is InChI=1S/C15H23NO3/c1-5-11-8-6-7-9-13(11)19-15(2,3)10-12(16)14(17)18-4/h6-9,12H,5,10,16H2,1-4H3. The number of carbonyl (C=O) groups is 1. The Morgan fingerprint density at radius 2 is 2.00 bits per heavy atom. The molecule has 0 radical (unpaired) electrons. The lowest BCUT2D eigenvalue weighted by Gasteiger charge is -2.29. The summed E-state index contributed by atoms with van der Waals surface area (Å²) in [5.41, 5.74) is 6.40. The molecule has 0 aliphatic rings. The Morgan fingerprint density at radius 3 is 2.58 bits per heavy atom. The fourth-order valence-corrected chi connectivity index (χ4v) is 2.00. The number of nitrogens with two attached hydrogens (primary N) is 1. The summed E-state index contributed by atoms with van der Waals surface area (Å²) in [6.07, 6.45) is 1.30. The lowest BCUT2D eigenvalue weighted by atomic mass is 9.99. The molecule has 1 aromatic carbocycles. The van der Waals surface area contributed by atoms with Gasteiger partial charge in [-0.1, -0.05) is 25.1 Å². The van der Waals surface area contributed by atoms with Crippen molar-refractivity contribution >= 4 is 5.97 Å². The van der Waals surface area contributed by atoms with Crippen molar-refractivity contribution in [3.63, 3.8) is 0 Å². The zero-order valence-electron chi connectivity index (χ0n) is 12.1. The van der Waals surface area contributed by atoms with E-state index in [0.717, 1.165) is 17.7 Å². The normalized spacial score (nSPS) is 12.9. The topological polar surface area (TPSA) is 61.5 Å². The highest BCUT2D eigenvalue weighted by Crippen LogP contribution is 2.26. The van der Waals surface area contributed by atoms with E-state index in [-0.39, 0.29) is 0 Å². The van der Waals surface area contributed by atoms with E-state index in [1.165, 1.54) is 7.11 Å². The van der Waals surface area contributed by atoms with Crippen LogP contribution >= 0.6 is 0 Å². The highest BCUT2D eigenvalue weighted by atomic mass is 16.5. The Labute approximate surface area is 114 Å². The summed E-state index contributed by atoms with van der Waals surface area (Å²) in [6, 6.07) is 7.22. The smallest absolute Gasteiger partial charge is 0.322 e. The number of methoxy groups -OCH3 is 1. The summed E-state index contributed by atoms with van der Waals surface area (Å²) in [5, 5.41) is 0. The molecule has 1 aromatic rings. The van der Waals surface area contributed by atoms with Crippen LogP contribution in [0.25, 0.3) is 0 Å². The average molecular weight is 265 g/mol. The molecule has 0 aliphatic heterocycles. The van der Waals surface area contributed by atoms with Crippen molar-refractivity contribution < 1.29 is 14.3 Å². The first kappa shape index (κ1) is 15.5. The fraction of sp³-hybridized carbons (Fsp3) is 0.533. The lowest BCUT2D eigenvalue weighted by molar-refractivity contribution is -0.143. The maximum absolute atomic E-state index is 11.4. The number of hydrogen-bond donors (Lipinski definition) is 1. The molecule has 0 bridgehead atoms. The molecule has 0 heterocycles. The third-order valence-electron chi connectivity index (χ3n) is 2.96. The maximum atomic E-state index is 11.4. The third kappa shape index (κ3) is 4.56. The number of para-hydroxylation sites is 1. The van der Waals surface area contributed by atoms with Gasteiger partial charge in [-0.05, 0) is 31.9 Å². The molecule has 0 aliphatic carbocycles. The molecule has 0 aromatic heterocycles. The van der Waals surface area contributed by atoms with E-state index in [4.69, 9.17) is 10.5 Å². The lowest BCUT2D eigenvalue weighted by Crippen LogP contribution is -2.41. The quantitative estimate of drug-likeness (QED) is 0.802. The number of carbonyl (C=O) groups excluding carboxylic acids is 1. The first-order valence-electron chi connectivity index (χ1n) is 6.50. The van der Waals surface area contributed by atoms with Gasteiger partial charge in [-0.3, -0.25) is 4.79 Å². The number of hydrogen-bond acceptors (Lipinski definition) is 4. The Balaban J connectivity index is 2.76. The van der Waals surface area contributed by atoms with Crippen LogP contribution < -0.4 is 10.5 Å². The van der Waals surface area contributed by atoms with Gasteiger partial charge in [0.05, 0.1) is 7.11 Å². The van der Waals surface area contributed by atoms with Crippen LogP contribution in [0, 0.1) is 0 Å². The predicted molar refractivity (Wildman–Crippen MR) is 75.1 cm³/mol. The molecule has 4 heteroatoms. The van der Waals surface area contributed by atoms with Crippen molar-refractivity contribution in [2.45, 2.75) is 45.3 Å². The van der Waals surface area contributed by atoms with Gasteiger partial charge in [-0.15, -0.1) is 0 Å². The second-order valence-corrected chi connectivity index (χ2v) is 5.16. The number of aryl methyl sites for hydroxylation is 1. The van der Waals surface area contributed by atoms with Gasteiger partial charge in [-0.2, -0.15) is 0 Å². The Morgan fingerprint density at radius 1 is 1.37 bits per heavy atom. The molecule has 19 heavy (non-hydrogen) atoms. The zero-order valence-corrected chi connectivity index (χ0v) is 12.1. The summed E-state index contributed by atoms with van der Waals surface area (Å²) >= 11 is 0. The van der Waals surface area contributed by atoms with Crippen LogP contribution in [0.3, 0.4) is 0 Å². The summed E-state index contributed by atoms with van der Waals surface area (Å²) in [5.74, 6) is 0.424. The molecule has 0 amide bonds. The first-order valence-corrected chi connectivity index (χ1v) is 6.50. The minimum absolute atomic E-state index is 0.401. The Bertz CT molecular complexity index is 429. The second kappa shape index (κ2) is 6.57. The molecule has 4 nitrogen and oxygen atoms in total. The molecule has 1 atom stereocenters. The van der Waals surface area contributed by atoms with Crippen LogP contribution in [0.5, 0.6) is 5.75 Å². The maximum Gasteiger partial charge on any atom is 0.322 e. The van der Waals surface area contributed by atoms with Crippen molar-refractivity contribution in [1.82, 2.24) is 0 Å².